The van der Waals surface area contributed by atoms with Crippen molar-refractivity contribution in [3.63, 3.8) is 0 Å². The van der Waals surface area contributed by atoms with E-state index in [1.54, 1.807) is 6.92 Å². The third kappa shape index (κ3) is 6.52. The van der Waals surface area contributed by atoms with Crippen LogP contribution >= 0.6 is 0 Å². The van der Waals surface area contributed by atoms with Gasteiger partial charge in [0.25, 0.3) is 0 Å². The maximum Gasteiger partial charge on any atom is 0.328 e. The molecule has 0 aliphatic heterocycles. The van der Waals surface area contributed by atoms with E-state index >= 15 is 0 Å². The van der Waals surface area contributed by atoms with Crippen molar-refractivity contribution in [3.05, 3.63) is 0 Å². The Balaban J connectivity index is 4.33. The largest absolute Gasteiger partial charge is 0.469 e. The molecule has 0 spiro atoms. The van der Waals surface area contributed by atoms with Crippen molar-refractivity contribution in [1.82, 2.24) is 5.32 Å². The van der Waals surface area contributed by atoms with E-state index < -0.39 is 23.9 Å². The predicted molar refractivity (Wildman–Crippen MR) is 57.1 cm³/mol. The van der Waals surface area contributed by atoms with Gasteiger partial charge >= 0.3 is 11.9 Å². The van der Waals surface area contributed by atoms with Crippen LogP contribution in [0, 0.1) is 0 Å². The van der Waals surface area contributed by atoms with Gasteiger partial charge in [-0.05, 0) is 6.92 Å². The molecule has 17 heavy (non-hydrogen) atoms. The molecule has 7 heteroatoms. The molecule has 0 saturated carbocycles. The Hall–Kier alpha value is -1.63. The highest BCUT2D eigenvalue weighted by Crippen LogP contribution is 1.97. The van der Waals surface area contributed by atoms with Gasteiger partial charge in [-0.25, -0.2) is 4.79 Å². The molecule has 1 atom stereocenters. The Labute approximate surface area is 99.4 Å². The van der Waals surface area contributed by atoms with Crippen molar-refractivity contribution in [1.29, 1.82) is 0 Å². The monoisotopic (exact) mass is 247 g/mol. The number of rotatable bonds is 7. The number of hydrogen-bond donors (Lipinski definition) is 1. The second-order valence-electron chi connectivity index (χ2n) is 3.06. The van der Waals surface area contributed by atoms with Crippen LogP contribution in [0.3, 0.4) is 0 Å². The molecule has 0 aliphatic rings. The van der Waals surface area contributed by atoms with Gasteiger partial charge in [0.1, 0.15) is 12.6 Å². The van der Waals surface area contributed by atoms with Crippen LogP contribution in [-0.4, -0.2) is 51.3 Å². The van der Waals surface area contributed by atoms with E-state index in [1.165, 1.54) is 14.2 Å². The van der Waals surface area contributed by atoms with Gasteiger partial charge in [0.2, 0.25) is 5.91 Å². The normalized spacial score (nSPS) is 11.5. The van der Waals surface area contributed by atoms with Gasteiger partial charge in [0.15, 0.2) is 0 Å². The molecule has 0 aromatic rings. The quantitative estimate of drug-likeness (QED) is 0.595. The minimum absolute atomic E-state index is 0.175. The maximum absolute atomic E-state index is 11.3. The van der Waals surface area contributed by atoms with E-state index in [-0.39, 0.29) is 13.0 Å². The lowest BCUT2D eigenvalue weighted by atomic mass is 10.2. The molecule has 7 nitrogen and oxygen atoms in total. The van der Waals surface area contributed by atoms with E-state index in [0.29, 0.717) is 6.61 Å². The average Bonchev–Trinajstić information content (AvgIpc) is 2.34. The topological polar surface area (TPSA) is 90.9 Å². The molecule has 0 aromatic heterocycles. The minimum Gasteiger partial charge on any atom is -0.469 e. The standard InChI is InChI=1S/C10H17NO6/c1-4-17-6-8(12)11-7(10(14)16-3)5-9(13)15-2/h7H,4-6H2,1-3H3,(H,11,12). The Morgan fingerprint density at radius 2 is 1.82 bits per heavy atom. The van der Waals surface area contributed by atoms with E-state index in [4.69, 9.17) is 4.74 Å². The van der Waals surface area contributed by atoms with Crippen LogP contribution < -0.4 is 5.32 Å². The van der Waals surface area contributed by atoms with E-state index in [9.17, 15) is 14.4 Å². The summed E-state index contributed by atoms with van der Waals surface area (Å²) < 4.78 is 13.7. The fraction of sp³-hybridized carbons (Fsp3) is 0.700. The smallest absolute Gasteiger partial charge is 0.328 e. The second-order valence-corrected chi connectivity index (χ2v) is 3.06. The summed E-state index contributed by atoms with van der Waals surface area (Å²) in [5, 5.41) is 2.33. The molecule has 0 heterocycles. The number of esters is 2. The fourth-order valence-electron chi connectivity index (χ4n) is 1.02. The van der Waals surface area contributed by atoms with E-state index in [2.05, 4.69) is 14.8 Å². The lowest BCUT2D eigenvalue weighted by Crippen LogP contribution is -2.44. The van der Waals surface area contributed by atoms with Gasteiger partial charge in [-0.15, -0.1) is 0 Å². The van der Waals surface area contributed by atoms with E-state index in [0.717, 1.165) is 0 Å². The van der Waals surface area contributed by atoms with Gasteiger partial charge in [-0.3, -0.25) is 9.59 Å². The molecule has 0 aromatic carbocycles. The third-order valence-electron chi connectivity index (χ3n) is 1.86. The fourth-order valence-corrected chi connectivity index (χ4v) is 1.02. The summed E-state index contributed by atoms with van der Waals surface area (Å²) in [6.45, 7) is 1.94. The zero-order chi connectivity index (χ0) is 13.3. The Morgan fingerprint density at radius 3 is 2.29 bits per heavy atom. The summed E-state index contributed by atoms with van der Waals surface area (Å²) >= 11 is 0. The van der Waals surface area contributed by atoms with Crippen LogP contribution in [-0.2, 0) is 28.6 Å². The number of amides is 1. The lowest BCUT2D eigenvalue weighted by Gasteiger charge is -2.15. The molecule has 1 amide bonds. The average molecular weight is 247 g/mol. The molecular formula is C10H17NO6. The molecular weight excluding hydrogens is 230 g/mol. The van der Waals surface area contributed by atoms with Crippen LogP contribution in [0.2, 0.25) is 0 Å². The Morgan fingerprint density at radius 1 is 1.18 bits per heavy atom. The molecule has 0 radical (unpaired) electrons. The summed E-state index contributed by atoms with van der Waals surface area (Å²) in [5.41, 5.74) is 0. The number of ether oxygens (including phenoxy) is 3. The third-order valence-corrected chi connectivity index (χ3v) is 1.86. The molecule has 1 N–H and O–H groups in total. The van der Waals surface area contributed by atoms with Crippen LogP contribution in [0.15, 0.2) is 0 Å². The Kier molecular flexibility index (Phi) is 7.70. The van der Waals surface area contributed by atoms with Crippen molar-refractivity contribution in [2.45, 2.75) is 19.4 Å². The van der Waals surface area contributed by atoms with Crippen molar-refractivity contribution in [2.75, 3.05) is 27.4 Å². The number of carbonyl (C=O) groups excluding carboxylic acids is 3. The van der Waals surface area contributed by atoms with Gasteiger partial charge in [-0.1, -0.05) is 0 Å². The van der Waals surface area contributed by atoms with Crippen molar-refractivity contribution < 1.29 is 28.6 Å². The van der Waals surface area contributed by atoms with Crippen molar-refractivity contribution in [2.24, 2.45) is 0 Å². The van der Waals surface area contributed by atoms with Crippen LogP contribution in [0.5, 0.6) is 0 Å². The molecule has 0 bridgehead atoms. The molecule has 98 valence electrons. The highest BCUT2D eigenvalue weighted by molar-refractivity contribution is 5.88. The summed E-state index contributed by atoms with van der Waals surface area (Å²) in [6, 6.07) is -1.06. The zero-order valence-electron chi connectivity index (χ0n) is 10.1. The van der Waals surface area contributed by atoms with Crippen LogP contribution in [0.1, 0.15) is 13.3 Å². The minimum atomic E-state index is -1.06. The molecule has 0 rings (SSSR count). The van der Waals surface area contributed by atoms with Gasteiger partial charge in [0.05, 0.1) is 20.6 Å². The molecule has 0 aliphatic carbocycles. The number of hydrogen-bond acceptors (Lipinski definition) is 6. The van der Waals surface area contributed by atoms with Gasteiger partial charge < -0.3 is 19.5 Å². The highest BCUT2D eigenvalue weighted by Gasteiger charge is 2.24. The molecule has 0 saturated heterocycles. The summed E-state index contributed by atoms with van der Waals surface area (Å²) in [6.07, 6.45) is -0.277. The predicted octanol–water partition coefficient (Wildman–Crippen LogP) is -0.756. The van der Waals surface area contributed by atoms with Gasteiger partial charge in [0, 0.05) is 6.61 Å². The molecule has 0 fully saturated rings. The number of carbonyl (C=O) groups is 3. The number of nitrogens with one attached hydrogen (secondary N) is 1. The van der Waals surface area contributed by atoms with Crippen molar-refractivity contribution in [3.8, 4) is 0 Å². The maximum atomic E-state index is 11.3. The second kappa shape index (κ2) is 8.51. The first-order valence-electron chi connectivity index (χ1n) is 5.06. The summed E-state index contributed by atoms with van der Waals surface area (Å²) in [5.74, 6) is -1.82. The molecule has 1 unspecified atom stereocenters. The number of methoxy groups -OCH3 is 2. The highest BCUT2D eigenvalue weighted by atomic mass is 16.5. The first kappa shape index (κ1) is 15.4. The SMILES string of the molecule is CCOCC(=O)NC(CC(=O)OC)C(=O)OC. The van der Waals surface area contributed by atoms with Crippen molar-refractivity contribution >= 4 is 17.8 Å². The van der Waals surface area contributed by atoms with Crippen LogP contribution in [0.25, 0.3) is 0 Å². The first-order valence-corrected chi connectivity index (χ1v) is 5.06. The van der Waals surface area contributed by atoms with Crippen LogP contribution in [0.4, 0.5) is 0 Å². The first-order chi connectivity index (χ1) is 8.04. The Bertz CT molecular complexity index is 278. The van der Waals surface area contributed by atoms with E-state index in [1.807, 2.05) is 0 Å². The van der Waals surface area contributed by atoms with Gasteiger partial charge in [-0.2, -0.15) is 0 Å². The zero-order valence-corrected chi connectivity index (χ0v) is 10.1. The summed E-state index contributed by atoms with van der Waals surface area (Å²) in [4.78, 5) is 33.6. The lowest BCUT2D eigenvalue weighted by molar-refractivity contribution is -0.151. The summed E-state index contributed by atoms with van der Waals surface area (Å²) in [7, 11) is 2.36.